The predicted molar refractivity (Wildman–Crippen MR) is 57.0 cm³/mol. The van der Waals surface area contributed by atoms with Crippen molar-refractivity contribution < 1.29 is 14.7 Å². The van der Waals surface area contributed by atoms with Crippen LogP contribution in [0.3, 0.4) is 0 Å². The fraction of sp³-hybridized carbons (Fsp3) is 0.231. The van der Waals surface area contributed by atoms with Crippen LogP contribution in [0, 0.1) is 23.7 Å². The largest absolute Gasteiger partial charge is 0.370 e. The predicted octanol–water partition coefficient (Wildman–Crippen LogP) is 0.152. The number of hydrogen-bond donors (Lipinski definition) is 1. The Morgan fingerprint density at radius 1 is 1.25 bits per heavy atom. The molecule has 0 heterocycles. The minimum atomic E-state index is -1.87. The van der Waals surface area contributed by atoms with Gasteiger partial charge in [-0.2, -0.15) is 0 Å². The van der Waals surface area contributed by atoms with E-state index in [4.69, 9.17) is 0 Å². The van der Waals surface area contributed by atoms with Gasteiger partial charge < -0.3 is 5.11 Å². The van der Waals surface area contributed by atoms with Crippen LogP contribution in [0.4, 0.5) is 0 Å². The first-order chi connectivity index (χ1) is 7.62. The number of fused-ring (bicyclic) bond motifs is 2. The van der Waals surface area contributed by atoms with Crippen LogP contribution in [0.5, 0.6) is 0 Å². The molecule has 2 aliphatic rings. The second-order valence-electron chi connectivity index (χ2n) is 3.60. The van der Waals surface area contributed by atoms with Crippen molar-refractivity contribution >= 4 is 11.6 Å². The Morgan fingerprint density at radius 2 is 2.00 bits per heavy atom. The number of Topliss-reactive ketones (excluding diaryl/α,β-unsaturated/α-hetero) is 1. The van der Waals surface area contributed by atoms with E-state index < -0.39 is 11.4 Å². The molecule has 3 nitrogen and oxygen atoms in total. The van der Waals surface area contributed by atoms with Gasteiger partial charge in [-0.05, 0) is 18.2 Å². The monoisotopic (exact) mass is 212 g/mol. The van der Waals surface area contributed by atoms with E-state index in [0.717, 1.165) is 0 Å². The van der Waals surface area contributed by atoms with Crippen LogP contribution in [0.1, 0.15) is 12.8 Å². The van der Waals surface area contributed by atoms with Crippen LogP contribution in [0.25, 0.3) is 0 Å². The number of aliphatic hydroxyl groups is 1. The third kappa shape index (κ3) is 1.82. The van der Waals surface area contributed by atoms with Crippen molar-refractivity contribution in [1.82, 2.24) is 0 Å². The van der Waals surface area contributed by atoms with Crippen LogP contribution >= 0.6 is 0 Å². The van der Waals surface area contributed by atoms with Crippen molar-refractivity contribution in [3.8, 4) is 23.7 Å². The number of carbonyl (C=O) groups is 2. The lowest BCUT2D eigenvalue weighted by atomic mass is 9.82. The van der Waals surface area contributed by atoms with Gasteiger partial charge in [0, 0.05) is 12.0 Å². The molecule has 2 rings (SSSR count). The molecule has 78 valence electrons. The molecule has 2 bridgehead atoms. The van der Waals surface area contributed by atoms with E-state index in [2.05, 4.69) is 23.7 Å². The zero-order valence-corrected chi connectivity index (χ0v) is 8.41. The third-order valence-electron chi connectivity index (χ3n) is 2.34. The molecule has 1 unspecified atom stereocenters. The Bertz CT molecular complexity index is 543. The number of carbonyl (C=O) groups excluding carboxylic acids is 2. The van der Waals surface area contributed by atoms with Gasteiger partial charge in [0.05, 0.1) is 6.42 Å². The first-order valence-corrected chi connectivity index (χ1v) is 4.78. The molecule has 0 amide bonds. The van der Waals surface area contributed by atoms with E-state index in [1.165, 1.54) is 12.2 Å². The summed E-state index contributed by atoms with van der Waals surface area (Å²) in [7, 11) is 0. The molecule has 16 heavy (non-hydrogen) atoms. The van der Waals surface area contributed by atoms with Gasteiger partial charge in [0.15, 0.2) is 11.4 Å². The first-order valence-electron chi connectivity index (χ1n) is 4.78. The minimum Gasteiger partial charge on any atom is -0.370 e. The number of hydrogen-bond acceptors (Lipinski definition) is 3. The van der Waals surface area contributed by atoms with E-state index in [1.54, 1.807) is 6.08 Å². The van der Waals surface area contributed by atoms with Crippen LogP contribution in [-0.4, -0.2) is 22.3 Å². The molecule has 0 aromatic carbocycles. The smallest absolute Gasteiger partial charge is 0.204 e. The first kappa shape index (κ1) is 10.4. The Balaban J connectivity index is 2.55. The standard InChI is InChI=1S/C13H8O3/c14-11-8-10-6-4-2-1-3-5-7-13(16,9-11)12(10)15/h1,3,8,16H,6,9H2/b3-1+. The summed E-state index contributed by atoms with van der Waals surface area (Å²) in [6.07, 6.45) is 4.14. The van der Waals surface area contributed by atoms with E-state index in [1.807, 2.05) is 0 Å². The SMILES string of the molecule is O=C1C=C2CC#C/C=C/C#CC(O)(C1)C2=O. The summed E-state index contributed by atoms with van der Waals surface area (Å²) < 4.78 is 0. The lowest BCUT2D eigenvalue weighted by Gasteiger charge is -2.24. The van der Waals surface area contributed by atoms with Gasteiger partial charge in [-0.3, -0.25) is 9.59 Å². The van der Waals surface area contributed by atoms with Crippen molar-refractivity contribution in [2.45, 2.75) is 18.4 Å². The maximum Gasteiger partial charge on any atom is 0.204 e. The maximum atomic E-state index is 11.8. The molecule has 1 N–H and O–H groups in total. The van der Waals surface area contributed by atoms with Crippen molar-refractivity contribution in [3.05, 3.63) is 23.8 Å². The van der Waals surface area contributed by atoms with E-state index in [9.17, 15) is 14.7 Å². The Labute approximate surface area is 92.8 Å². The molecule has 0 saturated heterocycles. The molecule has 1 atom stereocenters. The lowest BCUT2D eigenvalue weighted by molar-refractivity contribution is -0.134. The summed E-state index contributed by atoms with van der Waals surface area (Å²) in [5.74, 6) is 9.54. The Morgan fingerprint density at radius 3 is 2.81 bits per heavy atom. The third-order valence-corrected chi connectivity index (χ3v) is 2.34. The highest BCUT2D eigenvalue weighted by molar-refractivity contribution is 6.14. The Hall–Kier alpha value is -2.10. The second-order valence-corrected chi connectivity index (χ2v) is 3.60. The quantitative estimate of drug-likeness (QED) is 0.582. The summed E-state index contributed by atoms with van der Waals surface area (Å²) in [5, 5.41) is 10.00. The van der Waals surface area contributed by atoms with Crippen molar-refractivity contribution in [2.75, 3.05) is 0 Å². The normalized spacial score (nSPS) is 29.2. The average Bonchev–Trinajstić information content (AvgIpc) is 2.22. The van der Waals surface area contributed by atoms with Crippen LogP contribution in [0.2, 0.25) is 0 Å². The molecule has 0 aromatic rings. The summed E-state index contributed by atoms with van der Waals surface area (Å²) in [6, 6.07) is 0. The molecule has 0 fully saturated rings. The highest BCUT2D eigenvalue weighted by atomic mass is 16.3. The van der Waals surface area contributed by atoms with Gasteiger partial charge in [-0.15, -0.1) is 0 Å². The molecular formula is C13H8O3. The highest BCUT2D eigenvalue weighted by Crippen LogP contribution is 2.24. The van der Waals surface area contributed by atoms with E-state index in [-0.39, 0.29) is 24.2 Å². The zero-order chi connectivity index (χ0) is 11.6. The van der Waals surface area contributed by atoms with Gasteiger partial charge in [-0.25, -0.2) is 0 Å². The van der Waals surface area contributed by atoms with Gasteiger partial charge in [0.25, 0.3) is 0 Å². The summed E-state index contributed by atoms with van der Waals surface area (Å²) in [5.41, 5.74) is -1.64. The molecule has 0 aromatic heterocycles. The maximum absolute atomic E-state index is 11.8. The van der Waals surface area contributed by atoms with Gasteiger partial charge >= 0.3 is 0 Å². The van der Waals surface area contributed by atoms with Crippen LogP contribution in [-0.2, 0) is 9.59 Å². The fourth-order valence-corrected chi connectivity index (χ4v) is 1.59. The van der Waals surface area contributed by atoms with Crippen molar-refractivity contribution in [3.63, 3.8) is 0 Å². The van der Waals surface area contributed by atoms with Gasteiger partial charge in [0.1, 0.15) is 0 Å². The second kappa shape index (κ2) is 3.81. The lowest BCUT2D eigenvalue weighted by Crippen LogP contribution is -2.43. The number of rotatable bonds is 0. The summed E-state index contributed by atoms with van der Waals surface area (Å²) >= 11 is 0. The van der Waals surface area contributed by atoms with Crippen LogP contribution < -0.4 is 0 Å². The average molecular weight is 212 g/mol. The number of allylic oxidation sites excluding steroid dienone is 3. The summed E-state index contributed by atoms with van der Waals surface area (Å²) in [4.78, 5) is 23.2. The number of ketones is 2. The van der Waals surface area contributed by atoms with Crippen molar-refractivity contribution in [1.29, 1.82) is 0 Å². The van der Waals surface area contributed by atoms with Crippen molar-refractivity contribution in [2.24, 2.45) is 0 Å². The molecule has 2 aliphatic carbocycles. The topological polar surface area (TPSA) is 54.4 Å². The molecule has 0 aliphatic heterocycles. The highest BCUT2D eigenvalue weighted by Gasteiger charge is 2.41. The molecule has 0 saturated carbocycles. The van der Waals surface area contributed by atoms with Gasteiger partial charge in [0.2, 0.25) is 5.78 Å². The van der Waals surface area contributed by atoms with E-state index in [0.29, 0.717) is 0 Å². The molecular weight excluding hydrogens is 204 g/mol. The molecule has 0 spiro atoms. The van der Waals surface area contributed by atoms with Gasteiger partial charge in [-0.1, -0.05) is 23.7 Å². The fourth-order valence-electron chi connectivity index (χ4n) is 1.59. The zero-order valence-electron chi connectivity index (χ0n) is 8.41. The van der Waals surface area contributed by atoms with E-state index >= 15 is 0 Å². The molecule has 3 heteroatoms. The summed E-state index contributed by atoms with van der Waals surface area (Å²) in [6.45, 7) is 0. The van der Waals surface area contributed by atoms with Crippen LogP contribution in [0.15, 0.2) is 23.8 Å². The minimum absolute atomic E-state index is 0.166. The Kier molecular flexibility index (Phi) is 2.48. The molecule has 0 radical (unpaired) electrons.